The van der Waals surface area contributed by atoms with Crippen LogP contribution in [0.3, 0.4) is 0 Å². The molecule has 5 heteroatoms. The molecular formula is C38H36O5. The fourth-order valence-corrected chi connectivity index (χ4v) is 4.62. The highest BCUT2D eigenvalue weighted by Gasteiger charge is 2.22. The van der Waals surface area contributed by atoms with Gasteiger partial charge < -0.3 is 18.9 Å². The van der Waals surface area contributed by atoms with Gasteiger partial charge in [-0.1, -0.05) is 117 Å². The van der Waals surface area contributed by atoms with Gasteiger partial charge in [-0.25, -0.2) is 4.79 Å². The van der Waals surface area contributed by atoms with Crippen LogP contribution in [0, 0.1) is 6.92 Å². The largest absolute Gasteiger partial charge is 0.485 e. The molecule has 0 unspecified atom stereocenters. The van der Waals surface area contributed by atoms with E-state index in [0.717, 1.165) is 27.8 Å². The van der Waals surface area contributed by atoms with E-state index >= 15 is 0 Å². The van der Waals surface area contributed by atoms with Gasteiger partial charge in [-0.15, -0.1) is 0 Å². The molecule has 0 aliphatic rings. The van der Waals surface area contributed by atoms with Crippen LogP contribution in [0.4, 0.5) is 0 Å². The maximum atomic E-state index is 13.7. The lowest BCUT2D eigenvalue weighted by molar-refractivity contribution is 0.0731. The molecule has 0 aromatic heterocycles. The first-order chi connectivity index (χ1) is 21.0. The molecule has 5 nitrogen and oxygen atoms in total. The molecule has 0 radical (unpaired) electrons. The van der Waals surface area contributed by atoms with Crippen molar-refractivity contribution in [3.63, 3.8) is 0 Å². The van der Waals surface area contributed by atoms with E-state index in [0.29, 0.717) is 35.2 Å². The van der Waals surface area contributed by atoms with Gasteiger partial charge in [0.15, 0.2) is 11.5 Å². The molecular weight excluding hydrogens is 536 g/mol. The SMILES string of the molecule is Cc1ccc(C(C)C)c(OC(=O)c2cc(OCc3ccccc3)c(OCc3ccccc3)c(OCc3ccccc3)c2)c1. The molecule has 0 amide bonds. The molecule has 5 rings (SSSR count). The number of hydrogen-bond acceptors (Lipinski definition) is 5. The van der Waals surface area contributed by atoms with Crippen LogP contribution < -0.4 is 18.9 Å². The number of benzene rings is 5. The van der Waals surface area contributed by atoms with Gasteiger partial charge in [0.05, 0.1) is 5.56 Å². The Morgan fingerprint density at radius 1 is 0.581 bits per heavy atom. The van der Waals surface area contributed by atoms with Crippen LogP contribution in [0.15, 0.2) is 121 Å². The molecule has 218 valence electrons. The van der Waals surface area contributed by atoms with E-state index in [1.807, 2.05) is 116 Å². The van der Waals surface area contributed by atoms with Gasteiger partial charge in [0.1, 0.15) is 25.6 Å². The normalized spacial score (nSPS) is 10.8. The summed E-state index contributed by atoms with van der Waals surface area (Å²) in [5, 5.41) is 0. The number of ether oxygens (including phenoxy) is 4. The highest BCUT2D eigenvalue weighted by Crippen LogP contribution is 2.41. The minimum Gasteiger partial charge on any atom is -0.485 e. The van der Waals surface area contributed by atoms with E-state index in [1.54, 1.807) is 12.1 Å². The zero-order chi connectivity index (χ0) is 30.0. The van der Waals surface area contributed by atoms with Gasteiger partial charge in [0.2, 0.25) is 5.75 Å². The maximum absolute atomic E-state index is 13.7. The van der Waals surface area contributed by atoms with Crippen molar-refractivity contribution in [1.29, 1.82) is 0 Å². The number of aryl methyl sites for hydroxylation is 1. The van der Waals surface area contributed by atoms with Crippen molar-refractivity contribution in [2.24, 2.45) is 0 Å². The van der Waals surface area contributed by atoms with E-state index in [1.165, 1.54) is 0 Å². The van der Waals surface area contributed by atoms with E-state index in [4.69, 9.17) is 18.9 Å². The van der Waals surface area contributed by atoms with Gasteiger partial charge in [0.25, 0.3) is 0 Å². The smallest absolute Gasteiger partial charge is 0.343 e. The van der Waals surface area contributed by atoms with Gasteiger partial charge in [-0.2, -0.15) is 0 Å². The number of carbonyl (C=O) groups excluding carboxylic acids is 1. The van der Waals surface area contributed by atoms with Crippen LogP contribution >= 0.6 is 0 Å². The summed E-state index contributed by atoms with van der Waals surface area (Å²) in [5.41, 5.74) is 5.23. The zero-order valence-corrected chi connectivity index (χ0v) is 24.8. The first-order valence-electron chi connectivity index (χ1n) is 14.5. The van der Waals surface area contributed by atoms with E-state index in [-0.39, 0.29) is 19.1 Å². The summed E-state index contributed by atoms with van der Waals surface area (Å²) in [6, 6.07) is 38.9. The molecule has 0 heterocycles. The Kier molecular flexibility index (Phi) is 9.75. The van der Waals surface area contributed by atoms with Gasteiger partial charge in [0, 0.05) is 0 Å². The topological polar surface area (TPSA) is 54.0 Å². The first kappa shape index (κ1) is 29.5. The van der Waals surface area contributed by atoms with Crippen LogP contribution in [-0.2, 0) is 19.8 Å². The number of carbonyl (C=O) groups is 1. The highest BCUT2D eigenvalue weighted by molar-refractivity contribution is 5.93. The quantitative estimate of drug-likeness (QED) is 0.110. The van der Waals surface area contributed by atoms with Crippen molar-refractivity contribution in [1.82, 2.24) is 0 Å². The summed E-state index contributed by atoms with van der Waals surface area (Å²) in [6.45, 7) is 7.00. The Morgan fingerprint density at radius 2 is 1.05 bits per heavy atom. The Morgan fingerprint density at radius 3 is 1.51 bits per heavy atom. The van der Waals surface area contributed by atoms with Crippen molar-refractivity contribution < 1.29 is 23.7 Å². The fourth-order valence-electron chi connectivity index (χ4n) is 4.62. The Balaban J connectivity index is 1.52. The number of esters is 1. The lowest BCUT2D eigenvalue weighted by atomic mass is 10.0. The van der Waals surface area contributed by atoms with Crippen LogP contribution in [0.5, 0.6) is 23.0 Å². The molecule has 0 saturated heterocycles. The first-order valence-corrected chi connectivity index (χ1v) is 14.5. The average molecular weight is 573 g/mol. The van der Waals surface area contributed by atoms with Crippen molar-refractivity contribution >= 4 is 5.97 Å². The molecule has 0 atom stereocenters. The number of hydrogen-bond donors (Lipinski definition) is 0. The molecule has 0 aliphatic carbocycles. The minimum absolute atomic E-state index is 0.187. The fraction of sp³-hybridized carbons (Fsp3) is 0.184. The minimum atomic E-state index is -0.503. The third kappa shape index (κ3) is 8.04. The summed E-state index contributed by atoms with van der Waals surface area (Å²) in [6.07, 6.45) is 0. The van der Waals surface area contributed by atoms with Gasteiger partial charge in [-0.05, 0) is 58.9 Å². The zero-order valence-electron chi connectivity index (χ0n) is 24.8. The predicted molar refractivity (Wildman–Crippen MR) is 169 cm³/mol. The summed E-state index contributed by atoms with van der Waals surface area (Å²) in [7, 11) is 0. The summed E-state index contributed by atoms with van der Waals surface area (Å²) in [4.78, 5) is 13.7. The van der Waals surface area contributed by atoms with Crippen LogP contribution in [0.25, 0.3) is 0 Å². The van der Waals surface area contributed by atoms with E-state index in [9.17, 15) is 4.79 Å². The monoisotopic (exact) mass is 572 g/mol. The average Bonchev–Trinajstić information content (AvgIpc) is 3.03. The molecule has 0 fully saturated rings. The Labute approximate surface area is 253 Å². The molecule has 5 aromatic rings. The maximum Gasteiger partial charge on any atom is 0.343 e. The van der Waals surface area contributed by atoms with Crippen LogP contribution in [0.1, 0.15) is 57.9 Å². The standard InChI is InChI=1S/C38H36O5/c1-27(2)33-20-19-28(3)21-34(33)43-38(39)32-22-35(40-24-29-13-7-4-8-14-29)37(42-26-31-17-11-6-12-18-31)36(23-32)41-25-30-15-9-5-10-16-30/h4-23,27H,24-26H2,1-3H3. The second-order valence-corrected chi connectivity index (χ2v) is 10.7. The van der Waals surface area contributed by atoms with Crippen molar-refractivity contribution in [2.75, 3.05) is 0 Å². The second-order valence-electron chi connectivity index (χ2n) is 10.7. The lowest BCUT2D eigenvalue weighted by Gasteiger charge is -2.19. The molecule has 43 heavy (non-hydrogen) atoms. The van der Waals surface area contributed by atoms with E-state index < -0.39 is 5.97 Å². The molecule has 0 bridgehead atoms. The Hall–Kier alpha value is -5.03. The molecule has 0 N–H and O–H groups in total. The molecule has 0 spiro atoms. The van der Waals surface area contributed by atoms with Crippen LogP contribution in [0.2, 0.25) is 0 Å². The highest BCUT2D eigenvalue weighted by atomic mass is 16.5. The molecule has 0 aliphatic heterocycles. The number of rotatable bonds is 12. The molecule has 5 aromatic carbocycles. The second kappa shape index (κ2) is 14.2. The van der Waals surface area contributed by atoms with Crippen molar-refractivity contribution in [3.05, 3.63) is 155 Å². The summed E-state index contributed by atoms with van der Waals surface area (Å²) in [5.74, 6) is 1.44. The predicted octanol–water partition coefficient (Wildman–Crippen LogP) is 9.07. The summed E-state index contributed by atoms with van der Waals surface area (Å²) >= 11 is 0. The molecule has 0 saturated carbocycles. The van der Waals surface area contributed by atoms with Crippen molar-refractivity contribution in [3.8, 4) is 23.0 Å². The third-order valence-corrected chi connectivity index (χ3v) is 6.95. The Bertz CT molecular complexity index is 1570. The lowest BCUT2D eigenvalue weighted by Crippen LogP contribution is -2.12. The van der Waals surface area contributed by atoms with Gasteiger partial charge >= 0.3 is 5.97 Å². The van der Waals surface area contributed by atoms with Crippen LogP contribution in [-0.4, -0.2) is 5.97 Å². The van der Waals surface area contributed by atoms with Gasteiger partial charge in [-0.3, -0.25) is 0 Å². The summed E-state index contributed by atoms with van der Waals surface area (Å²) < 4.78 is 25.0. The van der Waals surface area contributed by atoms with E-state index in [2.05, 4.69) is 13.8 Å². The third-order valence-electron chi connectivity index (χ3n) is 6.95. The van der Waals surface area contributed by atoms with Crippen molar-refractivity contribution in [2.45, 2.75) is 46.5 Å².